The van der Waals surface area contributed by atoms with Crippen molar-refractivity contribution in [3.63, 3.8) is 0 Å². The standard InChI is InChI=1S/C28H33ClN8O4/c1-16-22-24(35-26(32-16)36-10-12-37(13-11-36)27(40)41-28(2,3)4)34-23(33-22)21-19(8-9-30-25(21)39)31-15-20(38)17-6-5-7-18(29)14-17/h5-9,14,20,38H,10-13,15H2,1-4H3,(H2,30,31,39)(H,32,33,34,35). The van der Waals surface area contributed by atoms with Crippen molar-refractivity contribution in [2.75, 3.05) is 42.9 Å². The Bertz CT molecular complexity index is 1620. The van der Waals surface area contributed by atoms with Gasteiger partial charge in [0.2, 0.25) is 5.95 Å². The number of benzene rings is 1. The number of aromatic amines is 2. The number of carbonyl (C=O) groups is 1. The number of piperazine rings is 1. The number of pyridine rings is 1. The Balaban J connectivity index is 1.35. The van der Waals surface area contributed by atoms with Crippen molar-refractivity contribution in [2.45, 2.75) is 39.4 Å². The number of aromatic nitrogens is 5. The van der Waals surface area contributed by atoms with Crippen LogP contribution >= 0.6 is 11.6 Å². The van der Waals surface area contributed by atoms with Crippen LogP contribution in [0.15, 0.2) is 41.3 Å². The minimum absolute atomic E-state index is 0.148. The summed E-state index contributed by atoms with van der Waals surface area (Å²) >= 11 is 6.06. The van der Waals surface area contributed by atoms with E-state index in [0.29, 0.717) is 71.1 Å². The summed E-state index contributed by atoms with van der Waals surface area (Å²) in [5, 5.41) is 14.3. The molecule has 4 heterocycles. The number of H-pyrrole nitrogens is 2. The molecule has 41 heavy (non-hydrogen) atoms. The average Bonchev–Trinajstić information content (AvgIpc) is 3.35. The van der Waals surface area contributed by atoms with Crippen LogP contribution in [0.3, 0.4) is 0 Å². The van der Waals surface area contributed by atoms with Crippen molar-refractivity contribution in [2.24, 2.45) is 0 Å². The number of rotatable bonds is 6. The Morgan fingerprint density at radius 2 is 1.93 bits per heavy atom. The molecule has 12 nitrogen and oxygen atoms in total. The van der Waals surface area contributed by atoms with Gasteiger partial charge in [0.05, 0.1) is 17.5 Å². The first-order chi connectivity index (χ1) is 19.5. The highest BCUT2D eigenvalue weighted by Crippen LogP contribution is 2.27. The molecule has 4 N–H and O–H groups in total. The van der Waals surface area contributed by atoms with E-state index in [2.05, 4.69) is 25.3 Å². The Labute approximate surface area is 241 Å². The summed E-state index contributed by atoms with van der Waals surface area (Å²) in [5.74, 6) is 0.838. The number of carbonyl (C=O) groups excluding carboxylic acids is 1. The topological polar surface area (TPSA) is 152 Å². The van der Waals surface area contributed by atoms with Crippen molar-refractivity contribution in [1.82, 2.24) is 29.8 Å². The van der Waals surface area contributed by atoms with Gasteiger partial charge >= 0.3 is 6.09 Å². The zero-order chi connectivity index (χ0) is 29.3. The van der Waals surface area contributed by atoms with Crippen LogP contribution in [0.1, 0.15) is 38.1 Å². The second kappa shape index (κ2) is 11.4. The fraction of sp³-hybridized carbons (Fsp3) is 0.393. The van der Waals surface area contributed by atoms with Crippen LogP contribution in [-0.2, 0) is 4.74 Å². The minimum Gasteiger partial charge on any atom is -0.444 e. The largest absolute Gasteiger partial charge is 0.444 e. The maximum atomic E-state index is 12.9. The smallest absolute Gasteiger partial charge is 0.410 e. The third-order valence-electron chi connectivity index (χ3n) is 6.64. The highest BCUT2D eigenvalue weighted by Gasteiger charge is 2.27. The van der Waals surface area contributed by atoms with E-state index in [0.717, 1.165) is 0 Å². The van der Waals surface area contributed by atoms with Crippen LogP contribution in [0.25, 0.3) is 22.6 Å². The molecule has 1 unspecified atom stereocenters. The first kappa shape index (κ1) is 28.4. The van der Waals surface area contributed by atoms with E-state index in [1.807, 2.05) is 32.6 Å². The summed E-state index contributed by atoms with van der Waals surface area (Å²) in [6.07, 6.45) is 0.353. The summed E-state index contributed by atoms with van der Waals surface area (Å²) in [7, 11) is 0. The van der Waals surface area contributed by atoms with E-state index < -0.39 is 11.7 Å². The van der Waals surface area contributed by atoms with Gasteiger partial charge in [0.25, 0.3) is 5.56 Å². The van der Waals surface area contributed by atoms with Crippen LogP contribution in [0, 0.1) is 6.92 Å². The molecule has 1 atom stereocenters. The molecule has 0 saturated carbocycles. The van der Waals surface area contributed by atoms with Crippen molar-refractivity contribution in [3.05, 3.63) is 63.2 Å². The quantitative estimate of drug-likeness (QED) is 0.266. The molecule has 13 heteroatoms. The monoisotopic (exact) mass is 580 g/mol. The molecule has 1 amide bonds. The van der Waals surface area contributed by atoms with Crippen LogP contribution in [0.5, 0.6) is 0 Å². The number of fused-ring (bicyclic) bond motifs is 1. The molecular formula is C28H33ClN8O4. The van der Waals surface area contributed by atoms with E-state index in [1.165, 1.54) is 6.20 Å². The summed E-state index contributed by atoms with van der Waals surface area (Å²) in [6.45, 7) is 9.59. The number of ether oxygens (including phenoxy) is 1. The minimum atomic E-state index is -0.844. The van der Waals surface area contributed by atoms with Gasteiger partial charge in [-0.3, -0.25) is 4.79 Å². The van der Waals surface area contributed by atoms with E-state index in [4.69, 9.17) is 21.3 Å². The molecular weight excluding hydrogens is 548 g/mol. The highest BCUT2D eigenvalue weighted by atomic mass is 35.5. The van der Waals surface area contributed by atoms with Gasteiger partial charge in [0, 0.05) is 43.9 Å². The van der Waals surface area contributed by atoms with Gasteiger partial charge in [-0.15, -0.1) is 0 Å². The Morgan fingerprint density at radius 3 is 2.63 bits per heavy atom. The van der Waals surface area contributed by atoms with Crippen LogP contribution < -0.4 is 15.8 Å². The van der Waals surface area contributed by atoms with Crippen LogP contribution in [0.4, 0.5) is 16.4 Å². The van der Waals surface area contributed by atoms with E-state index in [-0.39, 0.29) is 23.8 Å². The molecule has 4 aromatic rings. The number of nitrogens with one attached hydrogen (secondary N) is 3. The van der Waals surface area contributed by atoms with Crippen molar-refractivity contribution in [3.8, 4) is 11.4 Å². The molecule has 0 aliphatic carbocycles. The van der Waals surface area contributed by atoms with Crippen molar-refractivity contribution < 1.29 is 14.6 Å². The summed E-state index contributed by atoms with van der Waals surface area (Å²) in [6, 6.07) is 8.70. The Kier molecular flexibility index (Phi) is 7.87. The fourth-order valence-corrected chi connectivity index (χ4v) is 4.80. The summed E-state index contributed by atoms with van der Waals surface area (Å²) in [5.41, 5.74) is 2.23. The van der Waals surface area contributed by atoms with Crippen LogP contribution in [0.2, 0.25) is 5.02 Å². The molecule has 0 radical (unpaired) electrons. The maximum absolute atomic E-state index is 12.9. The zero-order valence-corrected chi connectivity index (χ0v) is 24.1. The number of aliphatic hydroxyl groups is 1. The number of hydrogen-bond acceptors (Lipinski definition) is 9. The van der Waals surface area contributed by atoms with Crippen molar-refractivity contribution >= 4 is 40.5 Å². The summed E-state index contributed by atoms with van der Waals surface area (Å²) < 4.78 is 5.49. The van der Waals surface area contributed by atoms with E-state index in [1.54, 1.807) is 35.2 Å². The number of nitrogens with zero attached hydrogens (tertiary/aromatic N) is 5. The lowest BCUT2D eigenvalue weighted by atomic mass is 10.1. The van der Waals surface area contributed by atoms with Gasteiger partial charge in [-0.1, -0.05) is 23.7 Å². The Hall–Kier alpha value is -4.16. The van der Waals surface area contributed by atoms with Crippen molar-refractivity contribution in [1.29, 1.82) is 0 Å². The molecule has 0 spiro atoms. The first-order valence-corrected chi connectivity index (χ1v) is 13.7. The average molecular weight is 581 g/mol. The number of aryl methyl sites for hydroxylation is 1. The van der Waals surface area contributed by atoms with Gasteiger partial charge < -0.3 is 34.9 Å². The lowest BCUT2D eigenvalue weighted by Crippen LogP contribution is -2.50. The third kappa shape index (κ3) is 6.44. The zero-order valence-electron chi connectivity index (χ0n) is 23.4. The van der Waals surface area contributed by atoms with E-state index >= 15 is 0 Å². The lowest BCUT2D eigenvalue weighted by molar-refractivity contribution is 0.0240. The molecule has 1 aromatic carbocycles. The number of hydrogen-bond donors (Lipinski definition) is 4. The predicted molar refractivity (Wildman–Crippen MR) is 157 cm³/mol. The van der Waals surface area contributed by atoms with Gasteiger partial charge in [-0.25, -0.2) is 14.8 Å². The van der Waals surface area contributed by atoms with E-state index in [9.17, 15) is 14.7 Å². The molecule has 5 rings (SSSR count). The molecule has 1 saturated heterocycles. The molecule has 3 aromatic heterocycles. The lowest BCUT2D eigenvalue weighted by Gasteiger charge is -2.35. The Morgan fingerprint density at radius 1 is 1.17 bits per heavy atom. The number of amides is 1. The number of aliphatic hydroxyl groups excluding tert-OH is 1. The molecule has 1 aliphatic heterocycles. The summed E-state index contributed by atoms with van der Waals surface area (Å²) in [4.78, 5) is 48.9. The number of anilines is 2. The van der Waals surface area contributed by atoms with Gasteiger partial charge in [0.15, 0.2) is 5.65 Å². The third-order valence-corrected chi connectivity index (χ3v) is 6.87. The normalized spacial score (nSPS) is 14.8. The number of imidazole rings is 1. The molecule has 0 bridgehead atoms. The van der Waals surface area contributed by atoms with Gasteiger partial charge in [-0.2, -0.15) is 4.98 Å². The maximum Gasteiger partial charge on any atom is 0.410 e. The first-order valence-electron chi connectivity index (χ1n) is 13.3. The van der Waals surface area contributed by atoms with Gasteiger partial charge in [0.1, 0.15) is 22.5 Å². The second-order valence-electron chi connectivity index (χ2n) is 10.9. The SMILES string of the molecule is Cc1nc(N2CCN(C(=O)OC(C)(C)C)CC2)nc2[nH]c(-c3c(NCC(O)c4cccc(Cl)c4)cc[nH]c3=O)nc12. The predicted octanol–water partition coefficient (Wildman–Crippen LogP) is 3.87. The molecule has 1 fully saturated rings. The fourth-order valence-electron chi connectivity index (χ4n) is 4.60. The second-order valence-corrected chi connectivity index (χ2v) is 11.3. The molecule has 1 aliphatic rings. The number of halogens is 1. The molecule has 216 valence electrons. The van der Waals surface area contributed by atoms with Crippen LogP contribution in [-0.4, -0.2) is 79.3 Å². The van der Waals surface area contributed by atoms with Gasteiger partial charge in [-0.05, 0) is 51.5 Å². The highest BCUT2D eigenvalue weighted by molar-refractivity contribution is 6.30.